The highest BCUT2D eigenvalue weighted by atomic mass is 16.6. The van der Waals surface area contributed by atoms with Crippen molar-refractivity contribution in [2.45, 2.75) is 70.3 Å². The van der Waals surface area contributed by atoms with Gasteiger partial charge in [0.1, 0.15) is 23.4 Å². The third-order valence-corrected chi connectivity index (χ3v) is 6.53. The summed E-state index contributed by atoms with van der Waals surface area (Å²) >= 11 is 0. The van der Waals surface area contributed by atoms with Gasteiger partial charge in [-0.25, -0.2) is 4.79 Å². The number of carbonyl (C=O) groups excluding carboxylic acids is 3. The van der Waals surface area contributed by atoms with Crippen LogP contribution in [0.25, 0.3) is 0 Å². The van der Waals surface area contributed by atoms with E-state index in [1.807, 2.05) is 60.7 Å². The van der Waals surface area contributed by atoms with Crippen molar-refractivity contribution in [2.24, 2.45) is 0 Å². The predicted molar refractivity (Wildman–Crippen MR) is 152 cm³/mol. The van der Waals surface area contributed by atoms with Crippen LogP contribution in [0.15, 0.2) is 84.9 Å². The van der Waals surface area contributed by atoms with Crippen molar-refractivity contribution in [2.75, 3.05) is 0 Å². The Balaban J connectivity index is 1.68. The van der Waals surface area contributed by atoms with E-state index in [2.05, 4.69) is 10.6 Å². The monoisotopic (exact) mass is 543 g/mol. The van der Waals surface area contributed by atoms with E-state index in [1.54, 1.807) is 39.0 Å². The second-order valence-corrected chi connectivity index (χ2v) is 11.0. The van der Waals surface area contributed by atoms with Crippen molar-refractivity contribution in [3.8, 4) is 5.75 Å². The molecule has 8 nitrogen and oxygen atoms in total. The molecule has 1 aliphatic rings. The second-order valence-electron chi connectivity index (χ2n) is 11.0. The van der Waals surface area contributed by atoms with Crippen LogP contribution in [0.5, 0.6) is 5.75 Å². The first kappa shape index (κ1) is 28.7. The first-order chi connectivity index (χ1) is 19.1. The van der Waals surface area contributed by atoms with Crippen molar-refractivity contribution in [1.82, 2.24) is 15.5 Å². The van der Waals surface area contributed by atoms with Crippen molar-refractivity contribution >= 4 is 17.9 Å². The number of nitrogens with zero attached hydrogens (tertiary/aromatic N) is 1. The van der Waals surface area contributed by atoms with Crippen LogP contribution in [0, 0.1) is 0 Å². The number of para-hydroxylation sites is 1. The van der Waals surface area contributed by atoms with Gasteiger partial charge in [0.2, 0.25) is 11.8 Å². The summed E-state index contributed by atoms with van der Waals surface area (Å²) < 4.78 is 5.47. The Morgan fingerprint density at radius 1 is 0.900 bits per heavy atom. The maximum atomic E-state index is 14.3. The van der Waals surface area contributed by atoms with E-state index in [0.29, 0.717) is 18.4 Å². The minimum atomic E-state index is -1.09. The number of aromatic hydroxyl groups is 1. The molecule has 4 rings (SSSR count). The normalized spacial score (nSPS) is 14.5. The highest BCUT2D eigenvalue weighted by molar-refractivity contribution is 5.93. The molecule has 1 fully saturated rings. The molecule has 0 heterocycles. The fourth-order valence-corrected chi connectivity index (χ4v) is 4.57. The zero-order chi connectivity index (χ0) is 28.7. The number of phenolic OH excluding ortho intramolecular Hbond substituents is 1. The minimum Gasteiger partial charge on any atom is -0.508 e. The number of benzene rings is 3. The molecule has 3 amide bonds. The summed E-state index contributed by atoms with van der Waals surface area (Å²) in [5.41, 5.74) is 1.32. The van der Waals surface area contributed by atoms with E-state index in [4.69, 9.17) is 4.74 Å². The summed E-state index contributed by atoms with van der Waals surface area (Å²) in [7, 11) is 0. The smallest absolute Gasteiger partial charge is 0.408 e. The average Bonchev–Trinajstić information content (AvgIpc) is 3.75. The average molecular weight is 544 g/mol. The van der Waals surface area contributed by atoms with Crippen molar-refractivity contribution in [1.29, 1.82) is 0 Å². The summed E-state index contributed by atoms with van der Waals surface area (Å²) in [6, 6.07) is 23.1. The first-order valence-corrected chi connectivity index (χ1v) is 13.6. The van der Waals surface area contributed by atoms with Crippen LogP contribution >= 0.6 is 0 Å². The molecule has 0 aromatic heterocycles. The fraction of sp³-hybridized carbons (Fsp3) is 0.344. The van der Waals surface area contributed by atoms with Gasteiger partial charge >= 0.3 is 6.09 Å². The van der Waals surface area contributed by atoms with E-state index in [-0.39, 0.29) is 24.8 Å². The molecule has 40 heavy (non-hydrogen) atoms. The van der Waals surface area contributed by atoms with E-state index < -0.39 is 35.6 Å². The summed E-state index contributed by atoms with van der Waals surface area (Å²) in [4.78, 5) is 42.5. The molecule has 3 aromatic rings. The van der Waals surface area contributed by atoms with Crippen LogP contribution in [-0.2, 0) is 27.3 Å². The van der Waals surface area contributed by atoms with Crippen molar-refractivity contribution < 1.29 is 24.2 Å². The van der Waals surface area contributed by atoms with Crippen molar-refractivity contribution in [3.63, 3.8) is 0 Å². The van der Waals surface area contributed by atoms with E-state index in [9.17, 15) is 19.5 Å². The lowest BCUT2D eigenvalue weighted by molar-refractivity contribution is -0.143. The standard InChI is InChI=1S/C32H37N3O5/c1-32(2,3)40-31(39)34-26(20-22-12-6-4-7-13-22)30(38)35(24-18-19-24)28(25-16-10-11-17-27(25)36)29(37)33-21-23-14-8-5-9-15-23/h4-17,24,26,28,36H,18-21H2,1-3H3,(H,33,37)(H,34,39). The zero-order valence-electron chi connectivity index (χ0n) is 23.2. The molecule has 0 aliphatic heterocycles. The largest absolute Gasteiger partial charge is 0.508 e. The molecule has 2 unspecified atom stereocenters. The number of rotatable bonds is 10. The summed E-state index contributed by atoms with van der Waals surface area (Å²) in [5.74, 6) is -0.915. The number of ether oxygens (including phenoxy) is 1. The molecule has 1 saturated carbocycles. The summed E-state index contributed by atoms with van der Waals surface area (Å²) in [6.07, 6.45) is 0.921. The number of amides is 3. The maximum Gasteiger partial charge on any atom is 0.408 e. The number of phenols is 1. The molecule has 0 saturated heterocycles. The molecule has 1 aliphatic carbocycles. The van der Waals surface area contributed by atoms with Crippen LogP contribution in [0.2, 0.25) is 0 Å². The molecule has 8 heteroatoms. The third-order valence-electron chi connectivity index (χ3n) is 6.53. The van der Waals surface area contributed by atoms with Crippen LogP contribution < -0.4 is 10.6 Å². The Hall–Kier alpha value is -4.33. The van der Waals surface area contributed by atoms with Gasteiger partial charge in [-0.15, -0.1) is 0 Å². The van der Waals surface area contributed by atoms with E-state index in [0.717, 1.165) is 11.1 Å². The number of alkyl carbamates (subject to hydrolysis) is 1. The topological polar surface area (TPSA) is 108 Å². The minimum absolute atomic E-state index is 0.0829. The quantitative estimate of drug-likeness (QED) is 0.338. The Labute approximate surface area is 235 Å². The zero-order valence-corrected chi connectivity index (χ0v) is 23.2. The van der Waals surface area contributed by atoms with Gasteiger partial charge in [0.25, 0.3) is 0 Å². The Morgan fingerprint density at radius 2 is 1.48 bits per heavy atom. The number of hydrogen-bond donors (Lipinski definition) is 3. The Bertz CT molecular complexity index is 1300. The van der Waals surface area contributed by atoms with Gasteiger partial charge in [-0.2, -0.15) is 0 Å². The third kappa shape index (κ3) is 7.85. The molecule has 210 valence electrons. The van der Waals surface area contributed by atoms with Crippen LogP contribution in [0.3, 0.4) is 0 Å². The molecule has 0 spiro atoms. The Morgan fingerprint density at radius 3 is 2.05 bits per heavy atom. The van der Waals surface area contributed by atoms with Gasteiger partial charge < -0.3 is 25.4 Å². The molecular formula is C32H37N3O5. The van der Waals surface area contributed by atoms with Crippen molar-refractivity contribution in [3.05, 3.63) is 102 Å². The van der Waals surface area contributed by atoms with Gasteiger partial charge in [-0.1, -0.05) is 78.9 Å². The molecule has 2 atom stereocenters. The first-order valence-electron chi connectivity index (χ1n) is 13.6. The predicted octanol–water partition coefficient (Wildman–Crippen LogP) is 4.88. The van der Waals surface area contributed by atoms with E-state index >= 15 is 0 Å². The highest BCUT2D eigenvalue weighted by Crippen LogP contribution is 2.38. The van der Waals surface area contributed by atoms with Crippen LogP contribution in [-0.4, -0.2) is 45.6 Å². The molecule has 0 radical (unpaired) electrons. The Kier molecular flexibility index (Phi) is 9.09. The van der Waals surface area contributed by atoms with E-state index in [1.165, 1.54) is 11.0 Å². The molecule has 3 N–H and O–H groups in total. The second kappa shape index (κ2) is 12.7. The number of carbonyl (C=O) groups is 3. The fourth-order valence-electron chi connectivity index (χ4n) is 4.57. The van der Waals surface area contributed by atoms with Crippen LogP contribution in [0.4, 0.5) is 4.79 Å². The van der Waals surface area contributed by atoms with Gasteiger partial charge in [0.15, 0.2) is 0 Å². The van der Waals surface area contributed by atoms with Gasteiger partial charge in [-0.05, 0) is 50.8 Å². The molecular weight excluding hydrogens is 506 g/mol. The lowest BCUT2D eigenvalue weighted by Crippen LogP contribution is -2.54. The molecule has 3 aromatic carbocycles. The lowest BCUT2D eigenvalue weighted by atomic mass is 9.99. The number of hydrogen-bond acceptors (Lipinski definition) is 5. The SMILES string of the molecule is CC(C)(C)OC(=O)NC(Cc1ccccc1)C(=O)N(C1CC1)C(C(=O)NCc1ccccc1)c1ccccc1O. The summed E-state index contributed by atoms with van der Waals surface area (Å²) in [6.45, 7) is 5.52. The lowest BCUT2D eigenvalue weighted by Gasteiger charge is -2.35. The van der Waals surface area contributed by atoms with Gasteiger partial charge in [-0.3, -0.25) is 9.59 Å². The van der Waals surface area contributed by atoms with Crippen LogP contribution in [0.1, 0.15) is 56.3 Å². The van der Waals surface area contributed by atoms with Gasteiger partial charge in [0, 0.05) is 24.6 Å². The molecule has 0 bridgehead atoms. The van der Waals surface area contributed by atoms with Gasteiger partial charge in [0.05, 0.1) is 0 Å². The number of nitrogens with one attached hydrogen (secondary N) is 2. The maximum absolute atomic E-state index is 14.3. The highest BCUT2D eigenvalue weighted by Gasteiger charge is 2.44. The summed E-state index contributed by atoms with van der Waals surface area (Å²) in [5, 5.41) is 16.5.